The second kappa shape index (κ2) is 7.05. The average Bonchev–Trinajstić information content (AvgIpc) is 2.69. The maximum absolute atomic E-state index is 12.4. The van der Waals surface area contributed by atoms with E-state index in [-0.39, 0.29) is 5.75 Å². The Bertz CT molecular complexity index is 1180. The lowest BCUT2D eigenvalue weighted by Gasteiger charge is -2.06. The van der Waals surface area contributed by atoms with Gasteiger partial charge in [-0.25, -0.2) is 9.59 Å². The summed E-state index contributed by atoms with van der Waals surface area (Å²) in [6.07, 6.45) is 2.99. The number of pyridine rings is 1. The van der Waals surface area contributed by atoms with Crippen LogP contribution in [0.1, 0.15) is 10.4 Å². The Hall–Kier alpha value is -3.44. The molecular formula is C21H12ClNO4. The quantitative estimate of drug-likeness (QED) is 0.293. The summed E-state index contributed by atoms with van der Waals surface area (Å²) >= 11 is 5.89. The number of hydrogen-bond acceptors (Lipinski definition) is 5. The molecule has 0 aliphatic rings. The number of ether oxygens (including phenoxy) is 1. The summed E-state index contributed by atoms with van der Waals surface area (Å²) in [7, 11) is 0. The first-order chi connectivity index (χ1) is 13.1. The van der Waals surface area contributed by atoms with Crippen LogP contribution in [0.2, 0.25) is 5.02 Å². The van der Waals surface area contributed by atoms with Gasteiger partial charge in [-0.2, -0.15) is 0 Å². The molecule has 0 amide bonds. The highest BCUT2D eigenvalue weighted by molar-refractivity contribution is 6.30. The third-order valence-electron chi connectivity index (χ3n) is 3.97. The maximum atomic E-state index is 12.4. The van der Waals surface area contributed by atoms with Crippen molar-refractivity contribution >= 4 is 28.5 Å². The Labute approximate surface area is 158 Å². The van der Waals surface area contributed by atoms with Crippen LogP contribution in [0, 0.1) is 0 Å². The Kier molecular flexibility index (Phi) is 4.44. The lowest BCUT2D eigenvalue weighted by atomic mass is 10.1. The summed E-state index contributed by atoms with van der Waals surface area (Å²) in [5.74, 6) is -0.263. The van der Waals surface area contributed by atoms with Gasteiger partial charge in [0.05, 0.1) is 11.1 Å². The van der Waals surface area contributed by atoms with Crippen LogP contribution < -0.4 is 10.4 Å². The van der Waals surface area contributed by atoms with E-state index in [9.17, 15) is 9.59 Å². The predicted octanol–water partition coefficient (Wildman–Crippen LogP) is 4.73. The van der Waals surface area contributed by atoms with Gasteiger partial charge in [-0.05, 0) is 48.0 Å². The monoisotopic (exact) mass is 377 g/mol. The molecule has 2 aromatic heterocycles. The maximum Gasteiger partial charge on any atom is 0.345 e. The fraction of sp³-hybridized carbons (Fsp3) is 0. The van der Waals surface area contributed by atoms with Crippen molar-refractivity contribution in [1.82, 2.24) is 4.98 Å². The minimum atomic E-state index is -0.539. The number of esters is 1. The van der Waals surface area contributed by atoms with Crippen LogP contribution >= 0.6 is 11.6 Å². The third-order valence-corrected chi connectivity index (χ3v) is 4.22. The molecule has 0 aliphatic heterocycles. The van der Waals surface area contributed by atoms with E-state index in [0.717, 1.165) is 0 Å². The second-order valence-corrected chi connectivity index (χ2v) is 6.22. The minimum absolute atomic E-state index is 0.277. The lowest BCUT2D eigenvalue weighted by Crippen LogP contribution is -2.08. The number of aromatic nitrogens is 1. The molecule has 27 heavy (non-hydrogen) atoms. The lowest BCUT2D eigenvalue weighted by molar-refractivity contribution is 0.0734. The third kappa shape index (κ3) is 3.59. The molecule has 0 atom stereocenters. The molecule has 5 nitrogen and oxygen atoms in total. The summed E-state index contributed by atoms with van der Waals surface area (Å²) in [6, 6.07) is 16.8. The number of carbonyl (C=O) groups is 1. The van der Waals surface area contributed by atoms with E-state index in [1.807, 2.05) is 0 Å². The van der Waals surface area contributed by atoms with Crippen molar-refractivity contribution in [2.75, 3.05) is 0 Å². The van der Waals surface area contributed by atoms with Crippen LogP contribution in [-0.2, 0) is 0 Å². The molecule has 0 bridgehead atoms. The van der Waals surface area contributed by atoms with E-state index in [4.69, 9.17) is 20.8 Å². The van der Waals surface area contributed by atoms with Gasteiger partial charge in [0, 0.05) is 28.9 Å². The molecule has 4 rings (SSSR count). The van der Waals surface area contributed by atoms with E-state index >= 15 is 0 Å². The van der Waals surface area contributed by atoms with Crippen molar-refractivity contribution in [1.29, 1.82) is 0 Å². The molecule has 0 spiro atoms. The van der Waals surface area contributed by atoms with Gasteiger partial charge >= 0.3 is 11.6 Å². The van der Waals surface area contributed by atoms with E-state index in [0.29, 0.717) is 32.7 Å². The summed E-state index contributed by atoms with van der Waals surface area (Å²) in [5, 5.41) is 1.30. The zero-order valence-electron chi connectivity index (χ0n) is 13.9. The molecule has 0 fully saturated rings. The number of carbonyl (C=O) groups excluding carboxylic acids is 1. The first-order valence-electron chi connectivity index (χ1n) is 8.06. The van der Waals surface area contributed by atoms with Crippen molar-refractivity contribution in [2.45, 2.75) is 0 Å². The molecule has 0 saturated heterocycles. The predicted molar refractivity (Wildman–Crippen MR) is 102 cm³/mol. The fourth-order valence-corrected chi connectivity index (χ4v) is 2.76. The molecule has 0 radical (unpaired) electrons. The van der Waals surface area contributed by atoms with Crippen molar-refractivity contribution < 1.29 is 13.9 Å². The number of rotatable bonds is 3. The highest BCUT2D eigenvalue weighted by atomic mass is 35.5. The standard InChI is InChI=1S/C21H12ClNO4/c22-16-6-3-13(4-7-16)18-10-14-5-8-17(11-19(14)27-21(18)25)26-20(24)15-2-1-9-23-12-15/h1-12H. The van der Waals surface area contributed by atoms with Gasteiger partial charge in [0.2, 0.25) is 0 Å². The zero-order chi connectivity index (χ0) is 18.8. The van der Waals surface area contributed by atoms with Gasteiger partial charge < -0.3 is 9.15 Å². The number of nitrogens with zero attached hydrogens (tertiary/aromatic N) is 1. The second-order valence-electron chi connectivity index (χ2n) is 5.79. The Morgan fingerprint density at radius 1 is 1.04 bits per heavy atom. The number of benzene rings is 2. The Morgan fingerprint density at radius 3 is 2.59 bits per heavy atom. The molecule has 0 N–H and O–H groups in total. The number of fused-ring (bicyclic) bond motifs is 1. The minimum Gasteiger partial charge on any atom is -0.423 e. The molecule has 0 unspecified atom stereocenters. The van der Waals surface area contributed by atoms with Gasteiger partial charge in [0.15, 0.2) is 0 Å². The van der Waals surface area contributed by atoms with E-state index < -0.39 is 11.6 Å². The van der Waals surface area contributed by atoms with Crippen LogP contribution in [0.15, 0.2) is 82.3 Å². The summed E-state index contributed by atoms with van der Waals surface area (Å²) in [6.45, 7) is 0. The van der Waals surface area contributed by atoms with E-state index in [1.54, 1.807) is 60.8 Å². The zero-order valence-corrected chi connectivity index (χ0v) is 14.6. The Balaban J connectivity index is 1.67. The van der Waals surface area contributed by atoms with Crippen LogP contribution in [0.3, 0.4) is 0 Å². The van der Waals surface area contributed by atoms with Crippen LogP contribution in [-0.4, -0.2) is 11.0 Å². The van der Waals surface area contributed by atoms with Gasteiger partial charge in [0.25, 0.3) is 0 Å². The van der Waals surface area contributed by atoms with E-state index in [2.05, 4.69) is 4.98 Å². The van der Waals surface area contributed by atoms with Crippen LogP contribution in [0.4, 0.5) is 0 Å². The SMILES string of the molecule is O=C(Oc1ccc2cc(-c3ccc(Cl)cc3)c(=O)oc2c1)c1cccnc1. The van der Waals surface area contributed by atoms with Crippen molar-refractivity contribution in [3.63, 3.8) is 0 Å². The largest absolute Gasteiger partial charge is 0.423 e. The van der Waals surface area contributed by atoms with Gasteiger partial charge in [-0.1, -0.05) is 23.7 Å². The topological polar surface area (TPSA) is 69.4 Å². The highest BCUT2D eigenvalue weighted by Crippen LogP contribution is 2.25. The number of hydrogen-bond donors (Lipinski definition) is 0. The first kappa shape index (κ1) is 17.0. The average molecular weight is 378 g/mol. The van der Waals surface area contributed by atoms with Crippen LogP contribution in [0.5, 0.6) is 5.75 Å². The summed E-state index contributed by atoms with van der Waals surface area (Å²) < 4.78 is 10.7. The molecule has 6 heteroatoms. The molecule has 132 valence electrons. The highest BCUT2D eigenvalue weighted by Gasteiger charge is 2.12. The molecule has 0 saturated carbocycles. The Morgan fingerprint density at radius 2 is 1.85 bits per heavy atom. The van der Waals surface area contributed by atoms with Crippen molar-refractivity contribution in [3.05, 3.63) is 94.1 Å². The number of halogens is 1. The molecular weight excluding hydrogens is 366 g/mol. The molecule has 2 heterocycles. The van der Waals surface area contributed by atoms with Gasteiger partial charge in [0.1, 0.15) is 11.3 Å². The summed E-state index contributed by atoms with van der Waals surface area (Å²) in [5.41, 5.74) is 1.31. The first-order valence-corrected chi connectivity index (χ1v) is 8.44. The van der Waals surface area contributed by atoms with E-state index in [1.165, 1.54) is 12.3 Å². The normalized spacial score (nSPS) is 10.7. The smallest absolute Gasteiger partial charge is 0.345 e. The molecule has 0 aliphatic carbocycles. The van der Waals surface area contributed by atoms with Crippen molar-refractivity contribution in [2.24, 2.45) is 0 Å². The van der Waals surface area contributed by atoms with Crippen LogP contribution in [0.25, 0.3) is 22.1 Å². The fourth-order valence-electron chi connectivity index (χ4n) is 2.64. The van der Waals surface area contributed by atoms with Crippen molar-refractivity contribution in [3.8, 4) is 16.9 Å². The molecule has 2 aromatic carbocycles. The molecule has 4 aromatic rings. The summed E-state index contributed by atoms with van der Waals surface area (Å²) in [4.78, 5) is 28.4. The van der Waals surface area contributed by atoms with Gasteiger partial charge in [-0.3, -0.25) is 4.98 Å². The van der Waals surface area contributed by atoms with Gasteiger partial charge in [-0.15, -0.1) is 0 Å².